The summed E-state index contributed by atoms with van der Waals surface area (Å²) in [6, 6.07) is 11.2. The maximum Gasteiger partial charge on any atom is 0.419 e. The van der Waals surface area contributed by atoms with E-state index in [4.69, 9.17) is 9.84 Å². The van der Waals surface area contributed by atoms with Crippen LogP contribution in [0.4, 0.5) is 24.5 Å². The number of benzene rings is 1. The van der Waals surface area contributed by atoms with E-state index in [0.717, 1.165) is 46.9 Å². The minimum Gasteiger partial charge on any atom is -0.481 e. The number of alkyl halides is 3. The molecule has 1 aliphatic heterocycles. The maximum atomic E-state index is 12.9. The van der Waals surface area contributed by atoms with Crippen LogP contribution in [0, 0.1) is 5.92 Å². The van der Waals surface area contributed by atoms with Crippen LogP contribution in [0.3, 0.4) is 0 Å². The minimum atomic E-state index is -4.46. The standard InChI is InChI=1S/C24H26F3N5O3/c25-24(26,27)18-13-30-32(15-18)21-6-5-20(14-29-21)31-23(17-8-11-35-12-9-17)16-1-3-19(4-2-16)28-10-7-22(33)34/h1-6,13-15,17,23,28,31H,7-12H2,(H,33,34). The SMILES string of the molecule is O=C(O)CCNc1ccc(C(Nc2ccc(-n3cc(C(F)(F)F)cn3)nc2)C2CCOCC2)cc1. The number of anilines is 2. The van der Waals surface area contributed by atoms with E-state index in [9.17, 15) is 18.0 Å². The number of carbonyl (C=O) groups is 1. The predicted molar refractivity (Wildman–Crippen MR) is 123 cm³/mol. The number of hydrogen-bond acceptors (Lipinski definition) is 6. The first-order valence-electron chi connectivity index (χ1n) is 11.3. The predicted octanol–water partition coefficient (Wildman–Crippen LogP) is 4.75. The lowest BCUT2D eigenvalue weighted by molar-refractivity contribution is -0.138. The molecule has 11 heteroatoms. The first kappa shape index (κ1) is 24.5. The third kappa shape index (κ3) is 6.50. The summed E-state index contributed by atoms with van der Waals surface area (Å²) >= 11 is 0. The lowest BCUT2D eigenvalue weighted by atomic mass is 9.87. The summed E-state index contributed by atoms with van der Waals surface area (Å²) in [5.74, 6) is -0.258. The second-order valence-corrected chi connectivity index (χ2v) is 8.34. The molecule has 1 aliphatic rings. The van der Waals surface area contributed by atoms with Gasteiger partial charge in [-0.1, -0.05) is 12.1 Å². The van der Waals surface area contributed by atoms with Gasteiger partial charge in [0.05, 0.1) is 36.1 Å². The van der Waals surface area contributed by atoms with Crippen molar-refractivity contribution in [3.05, 3.63) is 66.1 Å². The summed E-state index contributed by atoms with van der Waals surface area (Å²) in [4.78, 5) is 15.0. The van der Waals surface area contributed by atoms with E-state index >= 15 is 0 Å². The van der Waals surface area contributed by atoms with Crippen molar-refractivity contribution in [2.75, 3.05) is 30.4 Å². The van der Waals surface area contributed by atoms with Crippen LogP contribution in [-0.2, 0) is 15.7 Å². The van der Waals surface area contributed by atoms with Gasteiger partial charge in [-0.15, -0.1) is 0 Å². The molecule has 1 unspecified atom stereocenters. The van der Waals surface area contributed by atoms with Gasteiger partial charge in [-0.05, 0) is 48.6 Å². The average molecular weight is 489 g/mol. The van der Waals surface area contributed by atoms with Gasteiger partial charge >= 0.3 is 12.1 Å². The molecule has 1 saturated heterocycles. The molecule has 8 nitrogen and oxygen atoms in total. The van der Waals surface area contributed by atoms with Gasteiger partial charge in [0, 0.05) is 31.6 Å². The summed E-state index contributed by atoms with van der Waals surface area (Å²) in [6.07, 6.45) is 0.607. The van der Waals surface area contributed by atoms with Gasteiger partial charge in [-0.3, -0.25) is 4.79 Å². The third-order valence-electron chi connectivity index (χ3n) is 5.89. The summed E-state index contributed by atoms with van der Waals surface area (Å²) in [7, 11) is 0. The second kappa shape index (κ2) is 10.8. The maximum absolute atomic E-state index is 12.9. The normalized spacial score (nSPS) is 15.5. The molecule has 3 heterocycles. The van der Waals surface area contributed by atoms with Gasteiger partial charge in [0.1, 0.15) is 0 Å². The molecule has 1 atom stereocenters. The van der Waals surface area contributed by atoms with Crippen molar-refractivity contribution in [3.63, 3.8) is 0 Å². The van der Waals surface area contributed by atoms with Crippen LogP contribution < -0.4 is 10.6 Å². The highest BCUT2D eigenvalue weighted by Crippen LogP contribution is 2.34. The molecular weight excluding hydrogens is 463 g/mol. The van der Waals surface area contributed by atoms with E-state index in [1.54, 1.807) is 18.3 Å². The number of nitrogens with zero attached hydrogens (tertiary/aromatic N) is 3. The summed E-state index contributed by atoms with van der Waals surface area (Å²) in [5, 5.41) is 19.2. The van der Waals surface area contributed by atoms with Gasteiger partial charge in [0.25, 0.3) is 0 Å². The Bertz CT molecular complexity index is 1110. The summed E-state index contributed by atoms with van der Waals surface area (Å²) < 4.78 is 45.2. The largest absolute Gasteiger partial charge is 0.481 e. The Morgan fingerprint density at radius 1 is 1.11 bits per heavy atom. The summed E-state index contributed by atoms with van der Waals surface area (Å²) in [6.45, 7) is 1.69. The molecule has 0 bridgehead atoms. The second-order valence-electron chi connectivity index (χ2n) is 8.34. The Kier molecular flexibility index (Phi) is 7.54. The van der Waals surface area contributed by atoms with E-state index in [1.807, 2.05) is 24.3 Å². The fourth-order valence-electron chi connectivity index (χ4n) is 4.03. The zero-order valence-corrected chi connectivity index (χ0v) is 18.8. The highest BCUT2D eigenvalue weighted by atomic mass is 19.4. The van der Waals surface area contributed by atoms with Crippen molar-refractivity contribution in [2.45, 2.75) is 31.5 Å². The molecule has 0 radical (unpaired) electrons. The molecule has 1 aromatic carbocycles. The average Bonchev–Trinajstić information content (AvgIpc) is 3.35. The van der Waals surface area contributed by atoms with Crippen LogP contribution in [-0.4, -0.2) is 45.6 Å². The van der Waals surface area contributed by atoms with E-state index in [1.165, 1.54) is 0 Å². The summed E-state index contributed by atoms with van der Waals surface area (Å²) in [5.41, 5.74) is 1.80. The van der Waals surface area contributed by atoms with E-state index in [2.05, 4.69) is 20.7 Å². The quantitative estimate of drug-likeness (QED) is 0.399. The Balaban J connectivity index is 1.48. The number of rotatable bonds is 9. The van der Waals surface area contributed by atoms with Crippen LogP contribution in [0.25, 0.3) is 5.82 Å². The monoisotopic (exact) mass is 489 g/mol. The van der Waals surface area contributed by atoms with Crippen molar-refractivity contribution in [1.29, 1.82) is 0 Å². The molecule has 0 aliphatic carbocycles. The molecule has 0 amide bonds. The third-order valence-corrected chi connectivity index (χ3v) is 5.89. The van der Waals surface area contributed by atoms with Crippen molar-refractivity contribution in [2.24, 2.45) is 5.92 Å². The minimum absolute atomic E-state index is 0.0267. The number of aromatic nitrogens is 3. The van der Waals surface area contributed by atoms with Crippen molar-refractivity contribution in [1.82, 2.24) is 14.8 Å². The Labute approximate surface area is 200 Å². The highest BCUT2D eigenvalue weighted by molar-refractivity contribution is 5.67. The van der Waals surface area contributed by atoms with Gasteiger partial charge in [0.15, 0.2) is 5.82 Å². The van der Waals surface area contributed by atoms with Gasteiger partial charge < -0.3 is 20.5 Å². The van der Waals surface area contributed by atoms with Crippen molar-refractivity contribution < 1.29 is 27.8 Å². The number of aliphatic carboxylic acids is 1. The van der Waals surface area contributed by atoms with Crippen molar-refractivity contribution >= 4 is 17.3 Å². The molecule has 0 saturated carbocycles. The first-order chi connectivity index (χ1) is 16.8. The number of pyridine rings is 1. The van der Waals surface area contributed by atoms with Gasteiger partial charge in [0.2, 0.25) is 0 Å². The number of carboxylic acids is 1. The lowest BCUT2D eigenvalue weighted by Crippen LogP contribution is -2.27. The van der Waals surface area contributed by atoms with Gasteiger partial charge in [-0.2, -0.15) is 18.3 Å². The number of ether oxygens (including phenoxy) is 1. The molecular formula is C24H26F3N5O3. The first-order valence-corrected chi connectivity index (χ1v) is 11.3. The number of nitrogens with one attached hydrogen (secondary N) is 2. The van der Waals surface area contributed by atoms with Crippen LogP contribution >= 0.6 is 0 Å². The molecule has 35 heavy (non-hydrogen) atoms. The number of halogens is 3. The fraction of sp³-hybridized carbons (Fsp3) is 0.375. The fourth-order valence-corrected chi connectivity index (χ4v) is 4.03. The van der Waals surface area contributed by atoms with Crippen molar-refractivity contribution in [3.8, 4) is 5.82 Å². The van der Waals surface area contributed by atoms with E-state index < -0.39 is 17.7 Å². The Hall–Kier alpha value is -3.60. The smallest absolute Gasteiger partial charge is 0.419 e. The van der Waals surface area contributed by atoms with Crippen LogP contribution in [0.15, 0.2) is 55.0 Å². The molecule has 3 N–H and O–H groups in total. The zero-order chi connectivity index (χ0) is 24.8. The highest BCUT2D eigenvalue weighted by Gasteiger charge is 2.32. The molecule has 186 valence electrons. The zero-order valence-electron chi connectivity index (χ0n) is 18.8. The molecule has 3 aromatic rings. The Morgan fingerprint density at radius 2 is 1.83 bits per heavy atom. The van der Waals surface area contributed by atoms with E-state index in [-0.39, 0.29) is 18.3 Å². The van der Waals surface area contributed by atoms with Crippen LogP contribution in [0.5, 0.6) is 0 Å². The lowest BCUT2D eigenvalue weighted by Gasteiger charge is -2.32. The Morgan fingerprint density at radius 3 is 2.43 bits per heavy atom. The van der Waals surface area contributed by atoms with Gasteiger partial charge in [-0.25, -0.2) is 9.67 Å². The molecule has 2 aromatic heterocycles. The number of hydrogen-bond donors (Lipinski definition) is 3. The van der Waals surface area contributed by atoms with Crippen LogP contribution in [0.1, 0.15) is 36.4 Å². The molecule has 0 spiro atoms. The topological polar surface area (TPSA) is 101 Å². The number of carboxylic acid groups (broad SMARTS) is 1. The molecule has 4 rings (SSSR count). The molecule has 1 fully saturated rings. The van der Waals surface area contributed by atoms with E-state index in [0.29, 0.717) is 25.7 Å². The van der Waals surface area contributed by atoms with Crippen LogP contribution in [0.2, 0.25) is 0 Å².